The molecule has 0 aliphatic carbocycles. The summed E-state index contributed by atoms with van der Waals surface area (Å²) in [5, 5.41) is 2.60. The van der Waals surface area contributed by atoms with Crippen LogP contribution >= 0.6 is 0 Å². The number of anilines is 1. The van der Waals surface area contributed by atoms with Crippen molar-refractivity contribution in [3.8, 4) is 0 Å². The van der Waals surface area contributed by atoms with Gasteiger partial charge in [-0.15, -0.1) is 0 Å². The number of piperazine rings is 1. The second-order valence-electron chi connectivity index (χ2n) is 4.91. The lowest BCUT2D eigenvalue weighted by Gasteiger charge is -2.46. The van der Waals surface area contributed by atoms with Gasteiger partial charge >= 0.3 is 5.97 Å². The minimum absolute atomic E-state index is 0.224. The number of carbonyl (C=O) groups is 3. The maximum Gasteiger partial charge on any atom is 0.311 e. The standard InChI is InChI=1S/C14H14N2O4/c1-20-14(19)9-7-10-12(17)15-11(9)13(18)16(10)8-5-3-2-4-6-8/h2-6,9-11H,7H2,1H3,(H,15,17)/t9-,10-,11-/m1/s1. The first kappa shape index (κ1) is 12.7. The largest absolute Gasteiger partial charge is 0.469 e. The van der Waals surface area contributed by atoms with Crippen LogP contribution in [-0.2, 0) is 19.1 Å². The lowest BCUT2D eigenvalue weighted by Crippen LogP contribution is -2.72. The summed E-state index contributed by atoms with van der Waals surface area (Å²) in [4.78, 5) is 37.6. The SMILES string of the molecule is COC(=O)[C@@H]1C[C@@H]2C(=O)N[C@H]1C(=O)N2c1ccccc1. The van der Waals surface area contributed by atoms with Gasteiger partial charge in [0.1, 0.15) is 12.1 Å². The third kappa shape index (κ3) is 1.76. The van der Waals surface area contributed by atoms with E-state index in [1.807, 2.05) is 6.07 Å². The van der Waals surface area contributed by atoms with Crippen LogP contribution in [0.3, 0.4) is 0 Å². The first-order chi connectivity index (χ1) is 9.63. The molecule has 20 heavy (non-hydrogen) atoms. The highest BCUT2D eigenvalue weighted by molar-refractivity contribution is 6.11. The molecule has 3 saturated heterocycles. The number of hydrogen-bond acceptors (Lipinski definition) is 4. The molecule has 0 saturated carbocycles. The molecule has 6 heteroatoms. The minimum atomic E-state index is -0.833. The van der Waals surface area contributed by atoms with Gasteiger partial charge < -0.3 is 10.1 Å². The first-order valence-corrected chi connectivity index (χ1v) is 6.40. The molecule has 0 radical (unpaired) electrons. The van der Waals surface area contributed by atoms with Crippen molar-refractivity contribution in [2.24, 2.45) is 5.92 Å². The Morgan fingerprint density at radius 2 is 2.00 bits per heavy atom. The van der Waals surface area contributed by atoms with Crippen LogP contribution in [0.4, 0.5) is 5.69 Å². The summed E-state index contributed by atoms with van der Waals surface area (Å²) in [6.07, 6.45) is 0.295. The van der Waals surface area contributed by atoms with E-state index in [-0.39, 0.29) is 11.8 Å². The summed E-state index contributed by atoms with van der Waals surface area (Å²) in [6.45, 7) is 0. The molecule has 3 aliphatic rings. The third-order valence-corrected chi connectivity index (χ3v) is 3.83. The maximum atomic E-state index is 12.5. The van der Waals surface area contributed by atoms with Gasteiger partial charge in [-0.2, -0.15) is 0 Å². The maximum absolute atomic E-state index is 12.5. The van der Waals surface area contributed by atoms with Crippen LogP contribution in [0.15, 0.2) is 30.3 Å². The van der Waals surface area contributed by atoms with Crippen molar-refractivity contribution in [2.45, 2.75) is 18.5 Å². The molecule has 2 bridgehead atoms. The Bertz CT molecular complexity index is 572. The van der Waals surface area contributed by atoms with Gasteiger partial charge in [-0.3, -0.25) is 19.3 Å². The summed E-state index contributed by atoms with van der Waals surface area (Å²) >= 11 is 0. The molecule has 4 rings (SSSR count). The second kappa shape index (κ2) is 4.63. The molecule has 1 aromatic rings. The molecule has 3 fully saturated rings. The van der Waals surface area contributed by atoms with Crippen molar-refractivity contribution in [3.05, 3.63) is 30.3 Å². The molecule has 104 valence electrons. The molecule has 0 spiro atoms. The number of piperidine rings is 2. The molecule has 0 unspecified atom stereocenters. The van der Waals surface area contributed by atoms with Crippen molar-refractivity contribution >= 4 is 23.5 Å². The van der Waals surface area contributed by atoms with E-state index in [0.717, 1.165) is 0 Å². The summed E-state index contributed by atoms with van der Waals surface area (Å²) in [5.41, 5.74) is 0.672. The van der Waals surface area contributed by atoms with E-state index in [0.29, 0.717) is 12.1 Å². The molecule has 3 heterocycles. The Hall–Kier alpha value is -2.37. The Kier molecular flexibility index (Phi) is 2.93. The number of hydrogen-bond donors (Lipinski definition) is 1. The van der Waals surface area contributed by atoms with E-state index >= 15 is 0 Å². The average molecular weight is 274 g/mol. The van der Waals surface area contributed by atoms with Gasteiger partial charge in [0.15, 0.2) is 0 Å². The molecule has 6 nitrogen and oxygen atoms in total. The fourth-order valence-corrected chi connectivity index (χ4v) is 2.87. The Labute approximate surface area is 115 Å². The van der Waals surface area contributed by atoms with Crippen molar-refractivity contribution in [3.63, 3.8) is 0 Å². The second-order valence-corrected chi connectivity index (χ2v) is 4.91. The summed E-state index contributed by atoms with van der Waals surface area (Å²) in [6, 6.07) is 7.52. The summed E-state index contributed by atoms with van der Waals surface area (Å²) < 4.78 is 4.71. The molecular formula is C14H14N2O4. The number of methoxy groups -OCH3 is 1. The van der Waals surface area contributed by atoms with Crippen LogP contribution in [0.5, 0.6) is 0 Å². The average Bonchev–Trinajstić information content (AvgIpc) is 2.48. The quantitative estimate of drug-likeness (QED) is 0.775. The fourth-order valence-electron chi connectivity index (χ4n) is 2.87. The van der Waals surface area contributed by atoms with Crippen molar-refractivity contribution in [2.75, 3.05) is 12.0 Å². The number of nitrogens with one attached hydrogen (secondary N) is 1. The number of para-hydroxylation sites is 1. The van der Waals surface area contributed by atoms with E-state index in [1.54, 1.807) is 24.3 Å². The van der Waals surface area contributed by atoms with Crippen molar-refractivity contribution in [1.29, 1.82) is 0 Å². The van der Waals surface area contributed by atoms with E-state index in [2.05, 4.69) is 5.32 Å². The molecule has 3 aliphatic heterocycles. The van der Waals surface area contributed by atoms with Crippen LogP contribution < -0.4 is 10.2 Å². The Morgan fingerprint density at radius 1 is 1.30 bits per heavy atom. The Morgan fingerprint density at radius 3 is 2.65 bits per heavy atom. The van der Waals surface area contributed by atoms with Gasteiger partial charge in [0.2, 0.25) is 5.91 Å². The van der Waals surface area contributed by atoms with Crippen molar-refractivity contribution in [1.82, 2.24) is 5.32 Å². The summed E-state index contributed by atoms with van der Waals surface area (Å²) in [7, 11) is 1.28. The van der Waals surface area contributed by atoms with Gasteiger partial charge in [-0.1, -0.05) is 18.2 Å². The molecule has 3 atom stereocenters. The molecular weight excluding hydrogens is 260 g/mol. The number of fused-ring (bicyclic) bond motifs is 3. The van der Waals surface area contributed by atoms with Crippen LogP contribution in [0, 0.1) is 5.92 Å². The topological polar surface area (TPSA) is 75.7 Å². The fraction of sp³-hybridized carbons (Fsp3) is 0.357. The van der Waals surface area contributed by atoms with Crippen LogP contribution in [0.2, 0.25) is 0 Å². The monoisotopic (exact) mass is 274 g/mol. The smallest absolute Gasteiger partial charge is 0.311 e. The van der Waals surface area contributed by atoms with Crippen LogP contribution in [0.25, 0.3) is 0 Å². The first-order valence-electron chi connectivity index (χ1n) is 6.40. The predicted octanol–water partition coefficient (Wildman–Crippen LogP) is 0.0795. The zero-order chi connectivity index (χ0) is 14.3. The van der Waals surface area contributed by atoms with E-state index in [1.165, 1.54) is 12.0 Å². The number of nitrogens with zero attached hydrogens (tertiary/aromatic N) is 1. The molecule has 1 N–H and O–H groups in total. The lowest BCUT2D eigenvalue weighted by atomic mass is 9.81. The van der Waals surface area contributed by atoms with Gasteiger partial charge in [-0.25, -0.2) is 0 Å². The van der Waals surface area contributed by atoms with E-state index < -0.39 is 24.0 Å². The van der Waals surface area contributed by atoms with Gasteiger partial charge in [0.25, 0.3) is 5.91 Å². The molecule has 1 aromatic carbocycles. The summed E-state index contributed by atoms with van der Waals surface area (Å²) in [5.74, 6) is -1.54. The Balaban J connectivity index is 1.96. The minimum Gasteiger partial charge on any atom is -0.469 e. The van der Waals surface area contributed by atoms with Crippen LogP contribution in [-0.4, -0.2) is 37.0 Å². The normalized spacial score (nSPS) is 28.2. The van der Waals surface area contributed by atoms with E-state index in [9.17, 15) is 14.4 Å². The number of carbonyl (C=O) groups excluding carboxylic acids is 3. The van der Waals surface area contributed by atoms with Gasteiger partial charge in [-0.05, 0) is 18.6 Å². The predicted molar refractivity (Wildman–Crippen MR) is 69.8 cm³/mol. The molecule has 0 aromatic heterocycles. The molecule has 2 amide bonds. The van der Waals surface area contributed by atoms with E-state index in [4.69, 9.17) is 4.74 Å². The highest BCUT2D eigenvalue weighted by Gasteiger charge is 2.54. The van der Waals surface area contributed by atoms with Crippen molar-refractivity contribution < 1.29 is 19.1 Å². The van der Waals surface area contributed by atoms with Gasteiger partial charge in [0.05, 0.1) is 13.0 Å². The lowest BCUT2D eigenvalue weighted by molar-refractivity contribution is -0.154. The van der Waals surface area contributed by atoms with Gasteiger partial charge in [0, 0.05) is 5.69 Å². The highest BCUT2D eigenvalue weighted by Crippen LogP contribution is 2.33. The highest BCUT2D eigenvalue weighted by atomic mass is 16.5. The number of benzene rings is 1. The number of amides is 2. The third-order valence-electron chi connectivity index (χ3n) is 3.83. The number of esters is 1. The number of ether oxygens (including phenoxy) is 1. The zero-order valence-electron chi connectivity index (χ0n) is 10.9. The van der Waals surface area contributed by atoms with Crippen LogP contribution in [0.1, 0.15) is 6.42 Å². The zero-order valence-corrected chi connectivity index (χ0v) is 10.9. The number of rotatable bonds is 2.